The molecule has 0 atom stereocenters. The number of aromatic nitrogens is 2. The Labute approximate surface area is 163 Å². The number of hydrogen-bond donors (Lipinski definition) is 1. The van der Waals surface area contributed by atoms with Crippen molar-refractivity contribution < 1.29 is 9.72 Å². The van der Waals surface area contributed by atoms with Crippen LogP contribution in [0.4, 0.5) is 17.2 Å². The molecule has 2 fully saturated rings. The fourth-order valence-electron chi connectivity index (χ4n) is 4.35. The van der Waals surface area contributed by atoms with Gasteiger partial charge in [0.15, 0.2) is 0 Å². The van der Waals surface area contributed by atoms with Crippen LogP contribution in [0, 0.1) is 16.0 Å². The Bertz CT molecular complexity index is 851. The molecule has 0 radical (unpaired) electrons. The van der Waals surface area contributed by atoms with Gasteiger partial charge >= 0.3 is 0 Å². The van der Waals surface area contributed by atoms with Crippen molar-refractivity contribution in [1.82, 2.24) is 9.78 Å². The Morgan fingerprint density at radius 1 is 1.11 bits per heavy atom. The smallest absolute Gasteiger partial charge is 0.292 e. The molecule has 1 N–H and O–H groups in total. The van der Waals surface area contributed by atoms with Crippen LogP contribution in [0.1, 0.15) is 44.6 Å². The first kappa shape index (κ1) is 18.5. The number of nitro benzene ring substituents is 1. The molecule has 1 aromatic carbocycles. The normalized spacial score (nSPS) is 18.4. The van der Waals surface area contributed by atoms with E-state index in [1.54, 1.807) is 18.3 Å². The molecule has 148 valence electrons. The number of piperidine rings is 1. The topological polar surface area (TPSA) is 93.3 Å². The van der Waals surface area contributed by atoms with Crippen LogP contribution in [0.25, 0.3) is 0 Å². The highest BCUT2D eigenvalue weighted by Crippen LogP contribution is 2.33. The van der Waals surface area contributed by atoms with Crippen molar-refractivity contribution in [3.8, 4) is 0 Å². The summed E-state index contributed by atoms with van der Waals surface area (Å²) in [7, 11) is 0. The molecule has 1 saturated heterocycles. The number of anilines is 2. The lowest BCUT2D eigenvalue weighted by molar-refractivity contribution is -0.384. The Morgan fingerprint density at radius 3 is 2.54 bits per heavy atom. The molecule has 0 unspecified atom stereocenters. The summed E-state index contributed by atoms with van der Waals surface area (Å²) in [5.41, 5.74) is 0.747. The number of carbonyl (C=O) groups excluding carboxylic acids is 1. The minimum atomic E-state index is -0.349. The number of rotatable bonds is 5. The minimum Gasteiger partial charge on any atom is -0.366 e. The number of carbonyl (C=O) groups is 1. The molecule has 1 saturated carbocycles. The van der Waals surface area contributed by atoms with E-state index in [2.05, 4.69) is 10.4 Å². The van der Waals surface area contributed by atoms with Crippen molar-refractivity contribution in [3.05, 3.63) is 46.6 Å². The number of benzene rings is 1. The first-order valence-electron chi connectivity index (χ1n) is 9.96. The van der Waals surface area contributed by atoms with Gasteiger partial charge in [-0.2, -0.15) is 5.10 Å². The Balaban J connectivity index is 1.37. The van der Waals surface area contributed by atoms with Gasteiger partial charge in [0.25, 0.3) is 5.69 Å². The summed E-state index contributed by atoms with van der Waals surface area (Å²) in [6.07, 6.45) is 7.73. The second kappa shape index (κ2) is 8.00. The van der Waals surface area contributed by atoms with E-state index in [0.29, 0.717) is 37.7 Å². The van der Waals surface area contributed by atoms with Crippen LogP contribution in [0.2, 0.25) is 0 Å². The average Bonchev–Trinajstić information content (AvgIpc) is 3.39. The summed E-state index contributed by atoms with van der Waals surface area (Å²) in [6, 6.07) is 9.03. The van der Waals surface area contributed by atoms with E-state index in [1.807, 2.05) is 21.7 Å². The molecule has 2 aromatic rings. The molecular weight excluding hydrogens is 358 g/mol. The highest BCUT2D eigenvalue weighted by Gasteiger charge is 2.29. The van der Waals surface area contributed by atoms with Crippen LogP contribution in [-0.2, 0) is 4.79 Å². The van der Waals surface area contributed by atoms with Gasteiger partial charge in [-0.25, -0.2) is 4.68 Å². The lowest BCUT2D eigenvalue weighted by atomic mass is 9.95. The summed E-state index contributed by atoms with van der Waals surface area (Å²) < 4.78 is 1.95. The zero-order valence-corrected chi connectivity index (χ0v) is 15.8. The number of hydrogen-bond acceptors (Lipinski definition) is 5. The summed E-state index contributed by atoms with van der Waals surface area (Å²) in [4.78, 5) is 25.7. The van der Waals surface area contributed by atoms with Gasteiger partial charge in [-0.05, 0) is 31.7 Å². The lowest BCUT2D eigenvalue weighted by Crippen LogP contribution is -2.38. The predicted octanol–water partition coefficient (Wildman–Crippen LogP) is 3.76. The standard InChI is InChI=1S/C20H25N5O3/c26-20(22-19-9-12-21-24(19)16-5-1-2-6-16)15-10-13-23(14-11-15)17-7-3-4-8-18(17)25(27)28/h3-4,7-9,12,15-16H,1-2,5-6,10-11,13-14H2,(H,22,26). The third-order valence-corrected chi connectivity index (χ3v) is 5.88. The molecule has 8 heteroatoms. The second-order valence-electron chi connectivity index (χ2n) is 7.60. The zero-order valence-electron chi connectivity index (χ0n) is 15.8. The van der Waals surface area contributed by atoms with Gasteiger partial charge in [0.05, 0.1) is 17.2 Å². The second-order valence-corrected chi connectivity index (χ2v) is 7.60. The first-order valence-corrected chi connectivity index (χ1v) is 9.96. The third-order valence-electron chi connectivity index (χ3n) is 5.88. The van der Waals surface area contributed by atoms with E-state index in [4.69, 9.17) is 0 Å². The number of para-hydroxylation sites is 2. The molecule has 8 nitrogen and oxygen atoms in total. The van der Waals surface area contributed by atoms with Gasteiger partial charge in [-0.15, -0.1) is 0 Å². The van der Waals surface area contributed by atoms with Gasteiger partial charge in [0, 0.05) is 31.1 Å². The summed E-state index contributed by atoms with van der Waals surface area (Å²) in [5, 5.41) is 18.7. The highest BCUT2D eigenvalue weighted by molar-refractivity contribution is 5.92. The average molecular weight is 383 g/mol. The molecule has 28 heavy (non-hydrogen) atoms. The molecule has 1 aliphatic carbocycles. The van der Waals surface area contributed by atoms with Crippen LogP contribution in [-0.4, -0.2) is 33.7 Å². The molecule has 2 aliphatic rings. The largest absolute Gasteiger partial charge is 0.366 e. The van der Waals surface area contributed by atoms with Crippen LogP contribution >= 0.6 is 0 Å². The van der Waals surface area contributed by atoms with Crippen molar-refractivity contribution in [2.75, 3.05) is 23.3 Å². The Hall–Kier alpha value is -2.90. The molecule has 0 spiro atoms. The van der Waals surface area contributed by atoms with E-state index in [0.717, 1.165) is 18.7 Å². The third kappa shape index (κ3) is 3.72. The number of nitro groups is 1. The van der Waals surface area contributed by atoms with Gasteiger partial charge < -0.3 is 10.2 Å². The van der Waals surface area contributed by atoms with Gasteiger partial charge in [-0.1, -0.05) is 25.0 Å². The molecule has 1 aromatic heterocycles. The molecular formula is C20H25N5O3. The van der Waals surface area contributed by atoms with Crippen LogP contribution < -0.4 is 10.2 Å². The van der Waals surface area contributed by atoms with Crippen molar-refractivity contribution in [1.29, 1.82) is 0 Å². The van der Waals surface area contributed by atoms with E-state index >= 15 is 0 Å². The molecule has 1 aliphatic heterocycles. The summed E-state index contributed by atoms with van der Waals surface area (Å²) >= 11 is 0. The maximum Gasteiger partial charge on any atom is 0.292 e. The van der Waals surface area contributed by atoms with Crippen LogP contribution in [0.15, 0.2) is 36.5 Å². The molecule has 1 amide bonds. The first-order chi connectivity index (χ1) is 13.6. The van der Waals surface area contributed by atoms with Crippen molar-refractivity contribution in [2.45, 2.75) is 44.6 Å². The van der Waals surface area contributed by atoms with E-state index in [-0.39, 0.29) is 22.4 Å². The monoisotopic (exact) mass is 383 g/mol. The highest BCUT2D eigenvalue weighted by atomic mass is 16.6. The predicted molar refractivity (Wildman–Crippen MR) is 106 cm³/mol. The Morgan fingerprint density at radius 2 is 1.82 bits per heavy atom. The van der Waals surface area contributed by atoms with Gasteiger partial charge in [0.1, 0.15) is 11.5 Å². The van der Waals surface area contributed by atoms with E-state index < -0.39 is 0 Å². The van der Waals surface area contributed by atoms with Crippen LogP contribution in [0.5, 0.6) is 0 Å². The maximum atomic E-state index is 12.8. The number of nitrogens with zero attached hydrogens (tertiary/aromatic N) is 4. The Kier molecular flexibility index (Phi) is 5.27. The fraction of sp³-hybridized carbons (Fsp3) is 0.500. The maximum absolute atomic E-state index is 12.8. The minimum absolute atomic E-state index is 0.0157. The van der Waals surface area contributed by atoms with Crippen molar-refractivity contribution >= 4 is 23.1 Å². The van der Waals surface area contributed by atoms with E-state index in [9.17, 15) is 14.9 Å². The quantitative estimate of drug-likeness (QED) is 0.627. The van der Waals surface area contributed by atoms with Gasteiger partial charge in [0.2, 0.25) is 5.91 Å². The fourth-order valence-corrected chi connectivity index (χ4v) is 4.35. The summed E-state index contributed by atoms with van der Waals surface area (Å²) in [6.45, 7) is 1.26. The summed E-state index contributed by atoms with van der Waals surface area (Å²) in [5.74, 6) is 0.700. The zero-order chi connectivity index (χ0) is 19.5. The lowest BCUT2D eigenvalue weighted by Gasteiger charge is -2.32. The molecule has 0 bridgehead atoms. The van der Waals surface area contributed by atoms with Gasteiger partial charge in [-0.3, -0.25) is 14.9 Å². The SMILES string of the molecule is O=C(Nc1ccnn1C1CCCC1)C1CCN(c2ccccc2[N+](=O)[O-])CC1. The molecule has 4 rings (SSSR count). The van der Waals surface area contributed by atoms with Crippen molar-refractivity contribution in [2.24, 2.45) is 5.92 Å². The number of nitrogens with one attached hydrogen (secondary N) is 1. The van der Waals surface area contributed by atoms with Crippen molar-refractivity contribution in [3.63, 3.8) is 0 Å². The number of amides is 1. The van der Waals surface area contributed by atoms with E-state index in [1.165, 1.54) is 18.9 Å². The molecule has 2 heterocycles. The van der Waals surface area contributed by atoms with Crippen LogP contribution in [0.3, 0.4) is 0 Å².